The van der Waals surface area contributed by atoms with E-state index in [0.717, 1.165) is 9.37 Å². The van der Waals surface area contributed by atoms with Gasteiger partial charge in [-0.25, -0.2) is 0 Å². The Morgan fingerprint density at radius 3 is 2.85 bits per heavy atom. The molecule has 1 rings (SSSR count). The number of carboxylic acid groups (broad SMARTS) is 1. The van der Waals surface area contributed by atoms with Crippen molar-refractivity contribution < 1.29 is 9.90 Å². The first-order chi connectivity index (χ1) is 6.09. The van der Waals surface area contributed by atoms with E-state index in [-0.39, 0.29) is 0 Å². The second-order valence-electron chi connectivity index (χ2n) is 2.56. The number of carbonyl (C=O) groups is 1. The summed E-state index contributed by atoms with van der Waals surface area (Å²) in [6.45, 7) is 1.67. The molecule has 0 bridgehead atoms. The number of hydrogen-bond acceptors (Lipinski definition) is 2. The molecule has 0 aliphatic rings. The standard InChI is InChI=1S/C9H9BrO2S/c1-6(9(11)12)13-8-4-2-3-7(10)5-8/h2-6H,1H3,(H,11,12). The third-order valence-electron chi connectivity index (χ3n) is 1.46. The van der Waals surface area contributed by atoms with Crippen molar-refractivity contribution in [3.05, 3.63) is 28.7 Å². The Morgan fingerprint density at radius 1 is 1.62 bits per heavy atom. The molecule has 0 saturated heterocycles. The van der Waals surface area contributed by atoms with Gasteiger partial charge in [0.15, 0.2) is 0 Å². The van der Waals surface area contributed by atoms with Gasteiger partial charge in [0.05, 0.1) is 0 Å². The van der Waals surface area contributed by atoms with E-state index >= 15 is 0 Å². The highest BCUT2D eigenvalue weighted by Gasteiger charge is 2.11. The molecule has 0 radical (unpaired) electrons. The van der Waals surface area contributed by atoms with Crippen LogP contribution in [0.15, 0.2) is 33.6 Å². The normalized spacial score (nSPS) is 12.5. The van der Waals surface area contributed by atoms with Crippen molar-refractivity contribution >= 4 is 33.7 Å². The predicted molar refractivity (Wildman–Crippen MR) is 57.1 cm³/mol. The molecule has 0 heterocycles. The van der Waals surface area contributed by atoms with Crippen molar-refractivity contribution in [2.24, 2.45) is 0 Å². The summed E-state index contributed by atoms with van der Waals surface area (Å²) in [6, 6.07) is 7.61. The maximum atomic E-state index is 10.6. The summed E-state index contributed by atoms with van der Waals surface area (Å²) in [4.78, 5) is 11.5. The van der Waals surface area contributed by atoms with Gasteiger partial charge in [-0.3, -0.25) is 4.79 Å². The topological polar surface area (TPSA) is 37.3 Å². The zero-order valence-electron chi connectivity index (χ0n) is 7.03. The third kappa shape index (κ3) is 3.40. The predicted octanol–water partition coefficient (Wildman–Crippen LogP) is 3.01. The molecular formula is C9H9BrO2S. The van der Waals surface area contributed by atoms with Crippen LogP contribution >= 0.6 is 27.7 Å². The second kappa shape index (κ2) is 4.67. The van der Waals surface area contributed by atoms with Gasteiger partial charge >= 0.3 is 5.97 Å². The third-order valence-corrected chi connectivity index (χ3v) is 3.03. The first-order valence-electron chi connectivity index (χ1n) is 3.74. The average molecular weight is 261 g/mol. The SMILES string of the molecule is CC(Sc1cccc(Br)c1)C(=O)O. The zero-order chi connectivity index (χ0) is 9.84. The molecule has 0 amide bonds. The quantitative estimate of drug-likeness (QED) is 0.850. The molecule has 0 saturated carbocycles. The second-order valence-corrected chi connectivity index (χ2v) is 4.89. The van der Waals surface area contributed by atoms with Gasteiger partial charge in [0.2, 0.25) is 0 Å². The van der Waals surface area contributed by atoms with Crippen molar-refractivity contribution in [2.75, 3.05) is 0 Å². The lowest BCUT2D eigenvalue weighted by molar-refractivity contribution is -0.136. The monoisotopic (exact) mass is 260 g/mol. The van der Waals surface area contributed by atoms with Crippen LogP contribution in [0.3, 0.4) is 0 Å². The summed E-state index contributed by atoms with van der Waals surface area (Å²) >= 11 is 4.66. The van der Waals surface area contributed by atoms with Gasteiger partial charge in [0, 0.05) is 9.37 Å². The number of carboxylic acids is 1. The fraction of sp³-hybridized carbons (Fsp3) is 0.222. The number of halogens is 1. The zero-order valence-corrected chi connectivity index (χ0v) is 9.43. The van der Waals surface area contributed by atoms with Crippen LogP contribution in [0.2, 0.25) is 0 Å². The molecule has 1 N–H and O–H groups in total. The molecule has 0 aliphatic heterocycles. The van der Waals surface area contributed by atoms with Gasteiger partial charge in [-0.2, -0.15) is 0 Å². The molecule has 0 aromatic heterocycles. The van der Waals surface area contributed by atoms with E-state index in [2.05, 4.69) is 15.9 Å². The first kappa shape index (κ1) is 10.6. The fourth-order valence-electron chi connectivity index (χ4n) is 0.795. The highest BCUT2D eigenvalue weighted by atomic mass is 79.9. The first-order valence-corrected chi connectivity index (χ1v) is 5.42. The van der Waals surface area contributed by atoms with Gasteiger partial charge in [0.1, 0.15) is 5.25 Å². The lowest BCUT2D eigenvalue weighted by Crippen LogP contribution is -2.10. The van der Waals surface area contributed by atoms with Crippen molar-refractivity contribution in [2.45, 2.75) is 17.1 Å². The molecule has 1 aromatic carbocycles. The summed E-state index contributed by atoms with van der Waals surface area (Å²) in [5.41, 5.74) is 0. The fourth-order valence-corrected chi connectivity index (χ4v) is 2.21. The van der Waals surface area contributed by atoms with Gasteiger partial charge in [-0.1, -0.05) is 22.0 Å². The average Bonchev–Trinajstić information content (AvgIpc) is 2.04. The molecule has 13 heavy (non-hydrogen) atoms. The molecule has 1 aromatic rings. The maximum Gasteiger partial charge on any atom is 0.316 e. The highest BCUT2D eigenvalue weighted by molar-refractivity contribution is 9.10. The molecular weight excluding hydrogens is 252 g/mol. The Balaban J connectivity index is 2.69. The maximum absolute atomic E-state index is 10.6. The van der Waals surface area contributed by atoms with Crippen LogP contribution in [0.1, 0.15) is 6.92 Å². The highest BCUT2D eigenvalue weighted by Crippen LogP contribution is 2.25. The molecule has 70 valence electrons. The van der Waals surface area contributed by atoms with Crippen molar-refractivity contribution in [1.82, 2.24) is 0 Å². The van der Waals surface area contributed by atoms with E-state index < -0.39 is 11.2 Å². The molecule has 1 unspecified atom stereocenters. The number of benzene rings is 1. The van der Waals surface area contributed by atoms with Crippen LogP contribution < -0.4 is 0 Å². The Bertz CT molecular complexity index is 314. The van der Waals surface area contributed by atoms with Gasteiger partial charge < -0.3 is 5.11 Å². The number of thioether (sulfide) groups is 1. The van der Waals surface area contributed by atoms with Gasteiger partial charge in [0.25, 0.3) is 0 Å². The summed E-state index contributed by atoms with van der Waals surface area (Å²) in [6.07, 6.45) is 0. The summed E-state index contributed by atoms with van der Waals surface area (Å²) in [7, 11) is 0. The Hall–Kier alpha value is -0.480. The van der Waals surface area contributed by atoms with Crippen molar-refractivity contribution in [3.63, 3.8) is 0 Å². The smallest absolute Gasteiger partial charge is 0.316 e. The minimum absolute atomic E-state index is 0.408. The van der Waals surface area contributed by atoms with Gasteiger partial charge in [-0.15, -0.1) is 11.8 Å². The van der Waals surface area contributed by atoms with Gasteiger partial charge in [-0.05, 0) is 25.1 Å². The molecule has 2 nitrogen and oxygen atoms in total. The van der Waals surface area contributed by atoms with Crippen molar-refractivity contribution in [1.29, 1.82) is 0 Å². The lowest BCUT2D eigenvalue weighted by Gasteiger charge is -2.05. The molecule has 0 fully saturated rings. The number of aliphatic carboxylic acids is 1. The number of rotatable bonds is 3. The molecule has 4 heteroatoms. The minimum atomic E-state index is -0.787. The summed E-state index contributed by atoms with van der Waals surface area (Å²) in [5, 5.41) is 8.27. The number of hydrogen-bond donors (Lipinski definition) is 1. The van der Waals surface area contributed by atoms with E-state index in [4.69, 9.17) is 5.11 Å². The molecule has 0 aliphatic carbocycles. The van der Waals surface area contributed by atoms with Crippen LogP contribution in [-0.2, 0) is 4.79 Å². The van der Waals surface area contributed by atoms with E-state index in [1.165, 1.54) is 11.8 Å². The van der Waals surface area contributed by atoms with Crippen LogP contribution in [0.4, 0.5) is 0 Å². The Labute approximate surface area is 89.5 Å². The van der Waals surface area contributed by atoms with E-state index in [1.54, 1.807) is 6.92 Å². The largest absolute Gasteiger partial charge is 0.480 e. The Morgan fingerprint density at radius 2 is 2.31 bits per heavy atom. The van der Waals surface area contributed by atoms with Crippen LogP contribution in [0.25, 0.3) is 0 Å². The summed E-state index contributed by atoms with van der Waals surface area (Å²) < 4.78 is 0.968. The van der Waals surface area contributed by atoms with Crippen LogP contribution in [0.5, 0.6) is 0 Å². The Kier molecular flexibility index (Phi) is 3.81. The van der Waals surface area contributed by atoms with Crippen LogP contribution in [-0.4, -0.2) is 16.3 Å². The minimum Gasteiger partial charge on any atom is -0.480 e. The van der Waals surface area contributed by atoms with E-state index in [0.29, 0.717) is 0 Å². The van der Waals surface area contributed by atoms with E-state index in [1.807, 2.05) is 24.3 Å². The molecule has 1 atom stereocenters. The molecule has 0 spiro atoms. The van der Waals surface area contributed by atoms with E-state index in [9.17, 15) is 4.79 Å². The van der Waals surface area contributed by atoms with Crippen molar-refractivity contribution in [3.8, 4) is 0 Å². The summed E-state index contributed by atoms with van der Waals surface area (Å²) in [5.74, 6) is -0.787. The van der Waals surface area contributed by atoms with Crippen LogP contribution in [0, 0.1) is 0 Å². The lowest BCUT2D eigenvalue weighted by atomic mass is 10.4.